The number of hydrogen-bond acceptors (Lipinski definition) is 15. The van der Waals surface area contributed by atoms with Gasteiger partial charge in [0.05, 0.1) is 26.4 Å². The van der Waals surface area contributed by atoms with Crippen molar-refractivity contribution in [1.29, 1.82) is 0 Å². The zero-order chi connectivity index (χ0) is 68.4. The molecule has 0 saturated heterocycles. The molecule has 0 aliphatic carbocycles. The topological polar surface area (TPSA) is 237 Å². The fourth-order valence-corrected chi connectivity index (χ4v) is 12.4. The lowest BCUT2D eigenvalue weighted by atomic mass is 9.99. The van der Waals surface area contributed by atoms with E-state index in [0.717, 1.165) is 121 Å². The van der Waals surface area contributed by atoms with Crippen molar-refractivity contribution in [3.63, 3.8) is 0 Å². The fraction of sp³-hybridized carbons (Fsp3) is 0.892. The first kappa shape index (κ1) is 90.5. The van der Waals surface area contributed by atoms with Gasteiger partial charge in [0.15, 0.2) is 12.2 Å². The molecular weight excluding hydrogens is 1220 g/mol. The molecule has 0 spiro atoms. The van der Waals surface area contributed by atoms with Crippen molar-refractivity contribution in [2.24, 2.45) is 5.92 Å². The van der Waals surface area contributed by atoms with Crippen LogP contribution >= 0.6 is 15.6 Å². The van der Waals surface area contributed by atoms with Crippen molar-refractivity contribution < 1.29 is 80.2 Å². The molecule has 0 aromatic heterocycles. The van der Waals surface area contributed by atoms with E-state index in [2.05, 4.69) is 58.9 Å². The summed E-state index contributed by atoms with van der Waals surface area (Å²) in [6.07, 6.45) is 58.2. The third-order valence-electron chi connectivity index (χ3n) is 17.0. The number of unbranched alkanes of at least 4 members (excludes halogenated alkanes) is 40. The highest BCUT2D eigenvalue weighted by Gasteiger charge is 2.30. The Morgan fingerprint density at radius 1 is 0.344 bits per heavy atom. The number of phosphoric ester groups is 2. The molecule has 0 aromatic rings. The smallest absolute Gasteiger partial charge is 0.462 e. The van der Waals surface area contributed by atoms with E-state index >= 15 is 0 Å². The number of aliphatic hydroxyl groups excluding tert-OH is 1. The molecule has 0 aliphatic rings. The van der Waals surface area contributed by atoms with Crippen LogP contribution in [0.3, 0.4) is 0 Å². The second-order valence-electron chi connectivity index (χ2n) is 26.2. The summed E-state index contributed by atoms with van der Waals surface area (Å²) in [6, 6.07) is 0. The van der Waals surface area contributed by atoms with Crippen LogP contribution < -0.4 is 0 Å². The molecule has 6 atom stereocenters. The number of carbonyl (C=O) groups is 4. The van der Waals surface area contributed by atoms with E-state index in [9.17, 15) is 43.2 Å². The van der Waals surface area contributed by atoms with Crippen molar-refractivity contribution in [2.75, 3.05) is 39.6 Å². The lowest BCUT2D eigenvalue weighted by molar-refractivity contribution is -0.161. The molecule has 3 N–H and O–H groups in total. The molecule has 0 fully saturated rings. The number of rotatable bonds is 72. The summed E-state index contributed by atoms with van der Waals surface area (Å²) < 4.78 is 68.1. The Kier molecular flexibility index (Phi) is 65.0. The molecule has 17 nitrogen and oxygen atoms in total. The van der Waals surface area contributed by atoms with E-state index in [1.54, 1.807) is 0 Å². The molecular formula is C74H140O17P2. The molecule has 3 unspecified atom stereocenters. The number of allylic oxidation sites excluding steroid dienone is 4. The quantitative estimate of drug-likeness (QED) is 0.0169. The zero-order valence-electron chi connectivity index (χ0n) is 59.9. The summed E-state index contributed by atoms with van der Waals surface area (Å²) in [4.78, 5) is 72.4. The second kappa shape index (κ2) is 66.8. The van der Waals surface area contributed by atoms with Crippen molar-refractivity contribution in [3.05, 3.63) is 24.3 Å². The fourth-order valence-electron chi connectivity index (χ4n) is 10.8. The lowest BCUT2D eigenvalue weighted by Gasteiger charge is -2.21. The summed E-state index contributed by atoms with van der Waals surface area (Å²) in [6.45, 7) is 7.11. The van der Waals surface area contributed by atoms with Crippen LogP contribution in [-0.2, 0) is 65.4 Å². The number of carbonyl (C=O) groups excluding carboxylic acids is 4. The first-order valence-corrected chi connectivity index (χ1v) is 41.0. The largest absolute Gasteiger partial charge is 0.472 e. The highest BCUT2D eigenvalue weighted by atomic mass is 31.2. The molecule has 93 heavy (non-hydrogen) atoms. The molecule has 19 heteroatoms. The molecule has 0 bridgehead atoms. The first-order chi connectivity index (χ1) is 45.1. The number of hydrogen-bond donors (Lipinski definition) is 3. The van der Waals surface area contributed by atoms with Gasteiger partial charge in [-0.1, -0.05) is 309 Å². The average Bonchev–Trinajstić information content (AvgIpc) is 2.92. The molecule has 0 aromatic carbocycles. The van der Waals surface area contributed by atoms with Crippen molar-refractivity contribution in [2.45, 2.75) is 380 Å². The molecule has 0 saturated carbocycles. The predicted molar refractivity (Wildman–Crippen MR) is 377 cm³/mol. The molecule has 0 amide bonds. The minimum Gasteiger partial charge on any atom is -0.462 e. The summed E-state index contributed by atoms with van der Waals surface area (Å²) in [5.41, 5.74) is 0. The van der Waals surface area contributed by atoms with Crippen molar-refractivity contribution in [3.8, 4) is 0 Å². The molecule has 0 heterocycles. The predicted octanol–water partition coefficient (Wildman–Crippen LogP) is 21.2. The molecule has 548 valence electrons. The van der Waals surface area contributed by atoms with Gasteiger partial charge in [-0.3, -0.25) is 37.3 Å². The maximum atomic E-state index is 13.1. The lowest BCUT2D eigenvalue weighted by Crippen LogP contribution is -2.30. The van der Waals surface area contributed by atoms with Gasteiger partial charge in [0.2, 0.25) is 0 Å². The van der Waals surface area contributed by atoms with E-state index in [4.69, 9.17) is 37.0 Å². The van der Waals surface area contributed by atoms with E-state index < -0.39 is 97.5 Å². The Bertz CT molecular complexity index is 1880. The second-order valence-corrected chi connectivity index (χ2v) is 29.1. The van der Waals surface area contributed by atoms with Gasteiger partial charge in [-0.05, 0) is 57.3 Å². The average molecular weight is 1360 g/mol. The van der Waals surface area contributed by atoms with Gasteiger partial charge in [-0.15, -0.1) is 0 Å². The molecule has 0 radical (unpaired) electrons. The van der Waals surface area contributed by atoms with Crippen LogP contribution in [0, 0.1) is 5.92 Å². The van der Waals surface area contributed by atoms with Gasteiger partial charge >= 0.3 is 39.5 Å². The SMILES string of the molecule is CCCCCC/C=C\C=C/CCCCCCCC(=O)OC[C@H](COP(=O)(O)OC[C@@H](O)COP(=O)(O)OC[C@@H](COC(=O)CCCCCCC)OC(=O)CCCCCCCCCCC(C)CC)OC(=O)CCCCCCCCCCCCCCCCCCCCCCC. The van der Waals surface area contributed by atoms with Crippen molar-refractivity contribution >= 4 is 39.5 Å². The first-order valence-electron chi connectivity index (χ1n) is 38.0. The van der Waals surface area contributed by atoms with Gasteiger partial charge in [0.25, 0.3) is 0 Å². The van der Waals surface area contributed by atoms with E-state index in [1.807, 2.05) is 0 Å². The third-order valence-corrected chi connectivity index (χ3v) is 18.9. The van der Waals surface area contributed by atoms with Gasteiger partial charge < -0.3 is 33.8 Å². The van der Waals surface area contributed by atoms with Crippen LogP contribution in [0.4, 0.5) is 0 Å². The number of phosphoric acid groups is 2. The monoisotopic (exact) mass is 1360 g/mol. The Morgan fingerprint density at radius 3 is 0.914 bits per heavy atom. The van der Waals surface area contributed by atoms with Crippen molar-refractivity contribution in [1.82, 2.24) is 0 Å². The van der Waals surface area contributed by atoms with E-state index in [0.29, 0.717) is 25.7 Å². The summed E-state index contributed by atoms with van der Waals surface area (Å²) in [5.74, 6) is -1.39. The van der Waals surface area contributed by atoms with Gasteiger partial charge in [0, 0.05) is 25.7 Å². The van der Waals surface area contributed by atoms with Crippen LogP contribution in [0.1, 0.15) is 362 Å². The standard InChI is InChI=1S/C74H140O17P2/c1-6-10-13-16-18-20-22-24-26-27-28-29-30-31-33-35-37-39-44-49-54-59-73(78)91-70(64-85-72(77)58-53-48-43-38-36-34-32-25-23-21-19-17-14-11-7-2)66-89-93(82,83)87-62-68(75)61-86-92(80,81)88-65-69(63-84-71(76)57-52-46-15-12-8-3)90-74(79)60-55-50-45-41-40-42-47-51-56-67(5)9-4/h21,23,25,32,67-70,75H,6-20,22,24,26-31,33-66H2,1-5H3,(H,80,81)(H,82,83)/b23-21-,32-25-/t67?,68-,69+,70+/m0/s1. The minimum absolute atomic E-state index is 0.102. The van der Waals surface area contributed by atoms with Crippen LogP contribution in [0.15, 0.2) is 24.3 Å². The maximum absolute atomic E-state index is 13.1. The van der Waals surface area contributed by atoms with Gasteiger partial charge in [-0.2, -0.15) is 0 Å². The van der Waals surface area contributed by atoms with E-state index in [-0.39, 0.29) is 25.7 Å². The highest BCUT2D eigenvalue weighted by molar-refractivity contribution is 7.47. The minimum atomic E-state index is -4.96. The number of aliphatic hydroxyl groups is 1. The number of ether oxygens (including phenoxy) is 4. The van der Waals surface area contributed by atoms with Crippen LogP contribution in [-0.4, -0.2) is 96.7 Å². The van der Waals surface area contributed by atoms with E-state index in [1.165, 1.54) is 161 Å². The molecule has 0 rings (SSSR count). The Labute approximate surface area is 567 Å². The Balaban J connectivity index is 5.16. The zero-order valence-corrected chi connectivity index (χ0v) is 61.7. The summed E-state index contributed by atoms with van der Waals surface area (Å²) in [5, 5.41) is 10.6. The Morgan fingerprint density at radius 2 is 0.602 bits per heavy atom. The summed E-state index contributed by atoms with van der Waals surface area (Å²) in [7, 11) is -9.91. The number of esters is 4. The Hall–Kier alpha value is -2.46. The normalized spacial score (nSPS) is 14.5. The van der Waals surface area contributed by atoms with Crippen LogP contribution in [0.2, 0.25) is 0 Å². The third kappa shape index (κ3) is 66.6. The maximum Gasteiger partial charge on any atom is 0.472 e. The van der Waals surface area contributed by atoms with Crippen LogP contribution in [0.25, 0.3) is 0 Å². The summed E-state index contributed by atoms with van der Waals surface area (Å²) >= 11 is 0. The molecule has 0 aliphatic heterocycles. The highest BCUT2D eigenvalue weighted by Crippen LogP contribution is 2.45. The van der Waals surface area contributed by atoms with Gasteiger partial charge in [0.1, 0.15) is 19.3 Å². The van der Waals surface area contributed by atoms with Gasteiger partial charge in [-0.25, -0.2) is 9.13 Å². The van der Waals surface area contributed by atoms with Crippen LogP contribution in [0.5, 0.6) is 0 Å².